The number of ether oxygens (including phenoxy) is 5. The van der Waals surface area contributed by atoms with E-state index in [4.69, 9.17) is 23.7 Å². The molecule has 0 bridgehead atoms. The quantitative estimate of drug-likeness (QED) is 0.244. The SMILES string of the molecule is CCCCCCCOC(=O)CCCOCCOCCOCCOCC. The molecule has 150 valence electrons. The summed E-state index contributed by atoms with van der Waals surface area (Å²) in [5.74, 6) is -0.125. The Kier molecular flexibility index (Phi) is 20.8. The van der Waals surface area contributed by atoms with Crippen molar-refractivity contribution in [3.8, 4) is 0 Å². The van der Waals surface area contributed by atoms with Gasteiger partial charge in [-0.05, 0) is 19.8 Å². The molecule has 0 N–H and O–H groups in total. The normalized spacial score (nSPS) is 11.0. The van der Waals surface area contributed by atoms with E-state index < -0.39 is 0 Å². The van der Waals surface area contributed by atoms with E-state index in [2.05, 4.69) is 6.92 Å². The highest BCUT2D eigenvalue weighted by Crippen LogP contribution is 2.03. The Hall–Kier alpha value is -0.690. The van der Waals surface area contributed by atoms with E-state index >= 15 is 0 Å². The predicted molar refractivity (Wildman–Crippen MR) is 97.9 cm³/mol. The van der Waals surface area contributed by atoms with Crippen LogP contribution in [0.25, 0.3) is 0 Å². The first-order valence-corrected chi connectivity index (χ1v) is 9.77. The van der Waals surface area contributed by atoms with E-state index in [0.717, 1.165) is 12.8 Å². The van der Waals surface area contributed by atoms with Crippen molar-refractivity contribution in [3.05, 3.63) is 0 Å². The van der Waals surface area contributed by atoms with Gasteiger partial charge in [0.1, 0.15) is 0 Å². The number of unbranched alkanes of at least 4 members (excludes halogenated alkanes) is 4. The molecule has 0 aliphatic carbocycles. The van der Waals surface area contributed by atoms with Crippen LogP contribution in [0.4, 0.5) is 0 Å². The number of carbonyl (C=O) groups is 1. The lowest BCUT2D eigenvalue weighted by atomic mass is 10.2. The van der Waals surface area contributed by atoms with Crippen molar-refractivity contribution in [1.29, 1.82) is 0 Å². The van der Waals surface area contributed by atoms with Crippen LogP contribution in [-0.2, 0) is 28.5 Å². The lowest BCUT2D eigenvalue weighted by Gasteiger charge is -2.07. The maximum Gasteiger partial charge on any atom is 0.305 e. The second-order valence-corrected chi connectivity index (χ2v) is 5.77. The molecule has 0 radical (unpaired) electrons. The first-order valence-electron chi connectivity index (χ1n) is 9.77. The van der Waals surface area contributed by atoms with E-state index in [0.29, 0.717) is 72.3 Å². The van der Waals surface area contributed by atoms with Crippen LogP contribution in [0.15, 0.2) is 0 Å². The van der Waals surface area contributed by atoms with Gasteiger partial charge in [-0.1, -0.05) is 32.6 Å². The highest BCUT2D eigenvalue weighted by atomic mass is 16.6. The fourth-order valence-corrected chi connectivity index (χ4v) is 2.09. The van der Waals surface area contributed by atoms with Crippen molar-refractivity contribution in [2.75, 3.05) is 59.5 Å². The summed E-state index contributed by atoms with van der Waals surface area (Å²) in [5.41, 5.74) is 0. The molecule has 0 fully saturated rings. The van der Waals surface area contributed by atoms with Gasteiger partial charge in [-0.3, -0.25) is 4.79 Å². The number of rotatable bonds is 20. The Morgan fingerprint density at radius 3 is 1.76 bits per heavy atom. The fraction of sp³-hybridized carbons (Fsp3) is 0.947. The van der Waals surface area contributed by atoms with Crippen molar-refractivity contribution in [3.63, 3.8) is 0 Å². The van der Waals surface area contributed by atoms with Gasteiger partial charge in [-0.15, -0.1) is 0 Å². The molecule has 0 unspecified atom stereocenters. The van der Waals surface area contributed by atoms with Gasteiger partial charge in [-0.2, -0.15) is 0 Å². The molecular weight excluding hydrogens is 324 g/mol. The summed E-state index contributed by atoms with van der Waals surface area (Å²) in [6.07, 6.45) is 6.93. The minimum atomic E-state index is -0.125. The van der Waals surface area contributed by atoms with Crippen LogP contribution in [0.1, 0.15) is 58.8 Å². The minimum Gasteiger partial charge on any atom is -0.466 e. The molecule has 0 heterocycles. The summed E-state index contributed by atoms with van der Waals surface area (Å²) in [7, 11) is 0. The number of hydrogen-bond donors (Lipinski definition) is 0. The molecule has 0 saturated carbocycles. The number of esters is 1. The van der Waals surface area contributed by atoms with Gasteiger partial charge in [0.05, 0.1) is 46.2 Å². The number of hydrogen-bond acceptors (Lipinski definition) is 6. The van der Waals surface area contributed by atoms with Crippen molar-refractivity contribution in [2.45, 2.75) is 58.8 Å². The molecule has 0 aliphatic heterocycles. The topological polar surface area (TPSA) is 63.2 Å². The molecule has 0 rings (SSSR count). The molecule has 0 spiro atoms. The average Bonchev–Trinajstić information content (AvgIpc) is 2.62. The van der Waals surface area contributed by atoms with E-state index in [1.165, 1.54) is 19.3 Å². The largest absolute Gasteiger partial charge is 0.466 e. The Morgan fingerprint density at radius 2 is 1.16 bits per heavy atom. The van der Waals surface area contributed by atoms with Crippen molar-refractivity contribution in [1.82, 2.24) is 0 Å². The maximum absolute atomic E-state index is 11.5. The van der Waals surface area contributed by atoms with Gasteiger partial charge in [0.2, 0.25) is 0 Å². The van der Waals surface area contributed by atoms with Crippen LogP contribution in [0, 0.1) is 0 Å². The van der Waals surface area contributed by atoms with E-state index in [1.807, 2.05) is 6.92 Å². The smallest absolute Gasteiger partial charge is 0.305 e. The van der Waals surface area contributed by atoms with Crippen molar-refractivity contribution < 1.29 is 28.5 Å². The Morgan fingerprint density at radius 1 is 0.600 bits per heavy atom. The Labute approximate surface area is 153 Å². The van der Waals surface area contributed by atoms with Gasteiger partial charge >= 0.3 is 5.97 Å². The molecule has 0 atom stereocenters. The molecule has 0 amide bonds. The van der Waals surface area contributed by atoms with Crippen LogP contribution >= 0.6 is 0 Å². The third kappa shape index (κ3) is 21.3. The monoisotopic (exact) mass is 362 g/mol. The first-order chi connectivity index (χ1) is 12.3. The lowest BCUT2D eigenvalue weighted by molar-refractivity contribution is -0.144. The Bertz CT molecular complexity index is 273. The number of carbonyl (C=O) groups excluding carboxylic acids is 1. The van der Waals surface area contributed by atoms with Crippen LogP contribution in [0.3, 0.4) is 0 Å². The summed E-state index contributed by atoms with van der Waals surface area (Å²) in [4.78, 5) is 11.5. The van der Waals surface area contributed by atoms with Gasteiger partial charge < -0.3 is 23.7 Å². The molecular formula is C19H38O6. The predicted octanol–water partition coefficient (Wildman–Crippen LogP) is 3.37. The van der Waals surface area contributed by atoms with Crippen LogP contribution in [-0.4, -0.2) is 65.4 Å². The minimum absolute atomic E-state index is 0.125. The second-order valence-electron chi connectivity index (χ2n) is 5.77. The summed E-state index contributed by atoms with van der Waals surface area (Å²) in [6.45, 7) is 9.39. The van der Waals surface area contributed by atoms with Crippen LogP contribution in [0.2, 0.25) is 0 Å². The second kappa shape index (κ2) is 21.4. The van der Waals surface area contributed by atoms with E-state index in [1.54, 1.807) is 0 Å². The Balaban J connectivity index is 3.11. The van der Waals surface area contributed by atoms with Gasteiger partial charge in [0, 0.05) is 19.6 Å². The average molecular weight is 363 g/mol. The molecule has 0 aromatic heterocycles. The van der Waals surface area contributed by atoms with Crippen LogP contribution < -0.4 is 0 Å². The third-order valence-electron chi connectivity index (χ3n) is 3.50. The molecule has 6 nitrogen and oxygen atoms in total. The van der Waals surface area contributed by atoms with E-state index in [-0.39, 0.29) is 5.97 Å². The maximum atomic E-state index is 11.5. The summed E-state index contributed by atoms with van der Waals surface area (Å²) < 4.78 is 26.5. The molecule has 6 heteroatoms. The van der Waals surface area contributed by atoms with Gasteiger partial charge in [0.25, 0.3) is 0 Å². The zero-order valence-corrected chi connectivity index (χ0v) is 16.3. The zero-order valence-electron chi connectivity index (χ0n) is 16.3. The molecule has 25 heavy (non-hydrogen) atoms. The molecule has 0 aromatic carbocycles. The third-order valence-corrected chi connectivity index (χ3v) is 3.50. The van der Waals surface area contributed by atoms with Crippen molar-refractivity contribution >= 4 is 5.97 Å². The molecule has 0 aliphatic rings. The highest BCUT2D eigenvalue weighted by molar-refractivity contribution is 5.69. The first kappa shape index (κ1) is 24.3. The van der Waals surface area contributed by atoms with E-state index in [9.17, 15) is 4.79 Å². The van der Waals surface area contributed by atoms with Crippen molar-refractivity contribution in [2.24, 2.45) is 0 Å². The molecule has 0 saturated heterocycles. The summed E-state index contributed by atoms with van der Waals surface area (Å²) in [6, 6.07) is 0. The van der Waals surface area contributed by atoms with Gasteiger partial charge in [-0.25, -0.2) is 0 Å². The van der Waals surface area contributed by atoms with Crippen LogP contribution in [0.5, 0.6) is 0 Å². The zero-order chi connectivity index (χ0) is 18.4. The van der Waals surface area contributed by atoms with Gasteiger partial charge in [0.15, 0.2) is 0 Å². The summed E-state index contributed by atoms with van der Waals surface area (Å²) >= 11 is 0. The lowest BCUT2D eigenvalue weighted by Crippen LogP contribution is -2.12. The highest BCUT2D eigenvalue weighted by Gasteiger charge is 2.02. The summed E-state index contributed by atoms with van der Waals surface area (Å²) in [5, 5.41) is 0. The standard InChI is InChI=1S/C19H38O6/c1-3-5-6-7-8-12-25-19(20)10-9-11-22-15-16-24-18-17-23-14-13-21-4-2/h3-18H2,1-2H3. The molecule has 0 aromatic rings. The fourth-order valence-electron chi connectivity index (χ4n) is 2.09.